The topological polar surface area (TPSA) is 117 Å². The fourth-order valence-corrected chi connectivity index (χ4v) is 5.58. The van der Waals surface area contributed by atoms with E-state index in [1.165, 1.54) is 4.31 Å². The number of hydrogen-bond donors (Lipinski definition) is 2. The summed E-state index contributed by atoms with van der Waals surface area (Å²) < 4.78 is 38.7. The average molecular weight is 469 g/mol. The maximum absolute atomic E-state index is 13.3. The van der Waals surface area contributed by atoms with Crippen LogP contribution < -0.4 is 10.6 Å². The van der Waals surface area contributed by atoms with Crippen molar-refractivity contribution in [2.24, 2.45) is 0 Å². The zero-order valence-corrected chi connectivity index (χ0v) is 19.4. The van der Waals surface area contributed by atoms with Crippen molar-refractivity contribution < 1.29 is 27.5 Å². The minimum absolute atomic E-state index is 0.111. The SMILES string of the molecule is Cc1ccc(C)c(S(=O)(=O)N2CCCO[C@H]2CNC(=O)C(=O)NCCN2CCOCC2)c1. The van der Waals surface area contributed by atoms with Gasteiger partial charge in [-0.15, -0.1) is 0 Å². The van der Waals surface area contributed by atoms with E-state index in [2.05, 4.69) is 15.5 Å². The predicted octanol–water partition coefficient (Wildman–Crippen LogP) is -0.395. The standard InChI is InChI=1S/C21H32N4O6S/c1-16-4-5-17(2)18(14-16)32(28,29)25-7-3-11-31-19(25)15-23-21(27)20(26)22-6-8-24-9-12-30-13-10-24/h4-5,14,19H,3,6-13,15H2,1-2H3,(H,22,26)(H,23,27)/t19-/m0/s1. The Hall–Kier alpha value is -2.05. The Morgan fingerprint density at radius 2 is 1.78 bits per heavy atom. The van der Waals surface area contributed by atoms with Gasteiger partial charge in [0.25, 0.3) is 0 Å². The third-order valence-electron chi connectivity index (χ3n) is 5.55. The van der Waals surface area contributed by atoms with E-state index < -0.39 is 28.1 Å². The largest absolute Gasteiger partial charge is 0.379 e. The van der Waals surface area contributed by atoms with Crippen molar-refractivity contribution in [1.29, 1.82) is 0 Å². The van der Waals surface area contributed by atoms with Crippen LogP contribution >= 0.6 is 0 Å². The fraction of sp³-hybridized carbons (Fsp3) is 0.619. The molecule has 2 fully saturated rings. The highest BCUT2D eigenvalue weighted by molar-refractivity contribution is 7.89. The van der Waals surface area contributed by atoms with E-state index in [9.17, 15) is 18.0 Å². The van der Waals surface area contributed by atoms with E-state index in [1.807, 2.05) is 13.0 Å². The van der Waals surface area contributed by atoms with Crippen LogP contribution in [0.1, 0.15) is 17.5 Å². The number of morpholine rings is 1. The van der Waals surface area contributed by atoms with Gasteiger partial charge in [0, 0.05) is 32.7 Å². The predicted molar refractivity (Wildman–Crippen MR) is 117 cm³/mol. The molecule has 0 bridgehead atoms. The molecule has 32 heavy (non-hydrogen) atoms. The molecule has 2 heterocycles. The number of carbonyl (C=O) groups is 2. The van der Waals surface area contributed by atoms with E-state index in [1.54, 1.807) is 19.1 Å². The van der Waals surface area contributed by atoms with Gasteiger partial charge >= 0.3 is 11.8 Å². The molecule has 0 radical (unpaired) electrons. The Morgan fingerprint density at radius 1 is 1.06 bits per heavy atom. The molecule has 0 saturated carbocycles. The van der Waals surface area contributed by atoms with Gasteiger partial charge in [0.1, 0.15) is 6.23 Å². The number of carbonyl (C=O) groups excluding carboxylic acids is 2. The summed E-state index contributed by atoms with van der Waals surface area (Å²) >= 11 is 0. The number of benzene rings is 1. The van der Waals surface area contributed by atoms with Crippen LogP contribution in [-0.4, -0.2) is 94.8 Å². The van der Waals surface area contributed by atoms with Crippen molar-refractivity contribution in [2.75, 3.05) is 59.1 Å². The van der Waals surface area contributed by atoms with Crippen molar-refractivity contribution in [3.63, 3.8) is 0 Å². The first-order valence-corrected chi connectivity index (χ1v) is 12.3. The summed E-state index contributed by atoms with van der Waals surface area (Å²) in [6.07, 6.45) is -0.324. The van der Waals surface area contributed by atoms with E-state index in [0.717, 1.165) is 18.7 Å². The third-order valence-corrected chi connectivity index (χ3v) is 7.58. The first kappa shape index (κ1) is 24.6. The molecule has 11 heteroatoms. The molecule has 2 aliphatic rings. The monoisotopic (exact) mass is 468 g/mol. The molecule has 2 N–H and O–H groups in total. The summed E-state index contributed by atoms with van der Waals surface area (Å²) in [4.78, 5) is 26.7. The Kier molecular flexibility index (Phi) is 8.60. The maximum Gasteiger partial charge on any atom is 0.309 e. The number of sulfonamides is 1. The van der Waals surface area contributed by atoms with Gasteiger partial charge in [0.2, 0.25) is 10.0 Å². The van der Waals surface area contributed by atoms with Gasteiger partial charge in [0.05, 0.1) is 31.3 Å². The second-order valence-corrected chi connectivity index (χ2v) is 9.84. The van der Waals surface area contributed by atoms with Crippen LogP contribution in [0.2, 0.25) is 0 Å². The molecule has 0 aromatic heterocycles. The number of amides is 2. The molecular weight excluding hydrogens is 436 g/mol. The fourth-order valence-electron chi connectivity index (χ4n) is 3.71. The van der Waals surface area contributed by atoms with Gasteiger partial charge in [-0.1, -0.05) is 12.1 Å². The van der Waals surface area contributed by atoms with Crippen LogP contribution in [0.25, 0.3) is 0 Å². The first-order valence-electron chi connectivity index (χ1n) is 10.9. The highest BCUT2D eigenvalue weighted by Crippen LogP contribution is 2.25. The minimum atomic E-state index is -3.82. The lowest BCUT2D eigenvalue weighted by Crippen LogP contribution is -2.53. The van der Waals surface area contributed by atoms with Crippen molar-refractivity contribution in [1.82, 2.24) is 19.8 Å². The van der Waals surface area contributed by atoms with Gasteiger partial charge < -0.3 is 20.1 Å². The van der Waals surface area contributed by atoms with Crippen LogP contribution in [0.5, 0.6) is 0 Å². The van der Waals surface area contributed by atoms with Crippen molar-refractivity contribution in [2.45, 2.75) is 31.4 Å². The molecule has 2 saturated heterocycles. The van der Waals surface area contributed by atoms with Crippen LogP contribution in [0.3, 0.4) is 0 Å². The zero-order valence-electron chi connectivity index (χ0n) is 18.6. The zero-order chi connectivity index (χ0) is 23.1. The Bertz CT molecular complexity index is 917. The number of rotatable bonds is 7. The quantitative estimate of drug-likeness (QED) is 0.523. The number of nitrogens with one attached hydrogen (secondary N) is 2. The van der Waals surface area contributed by atoms with Crippen molar-refractivity contribution in [3.05, 3.63) is 29.3 Å². The lowest BCUT2D eigenvalue weighted by molar-refractivity contribution is -0.140. The minimum Gasteiger partial charge on any atom is -0.379 e. The van der Waals surface area contributed by atoms with E-state index in [0.29, 0.717) is 44.9 Å². The van der Waals surface area contributed by atoms with Crippen molar-refractivity contribution >= 4 is 21.8 Å². The second kappa shape index (κ2) is 11.2. The highest BCUT2D eigenvalue weighted by Gasteiger charge is 2.35. The van der Waals surface area contributed by atoms with Crippen LogP contribution in [0, 0.1) is 13.8 Å². The second-order valence-electron chi connectivity index (χ2n) is 7.98. The number of ether oxygens (including phenoxy) is 2. The summed E-state index contributed by atoms with van der Waals surface area (Å²) in [5, 5.41) is 5.10. The summed E-state index contributed by atoms with van der Waals surface area (Å²) in [5.41, 5.74) is 1.48. The summed E-state index contributed by atoms with van der Waals surface area (Å²) in [5.74, 6) is -1.57. The molecule has 2 aliphatic heterocycles. The number of nitrogens with zero attached hydrogens (tertiary/aromatic N) is 2. The molecule has 0 spiro atoms. The van der Waals surface area contributed by atoms with E-state index >= 15 is 0 Å². The number of hydrogen-bond acceptors (Lipinski definition) is 7. The molecule has 0 aliphatic carbocycles. The summed E-state index contributed by atoms with van der Waals surface area (Å²) in [6.45, 7) is 8.03. The van der Waals surface area contributed by atoms with Crippen LogP contribution in [0.15, 0.2) is 23.1 Å². The lowest BCUT2D eigenvalue weighted by atomic mass is 10.2. The Balaban J connectivity index is 1.55. The molecule has 3 rings (SSSR count). The first-order chi connectivity index (χ1) is 15.3. The van der Waals surface area contributed by atoms with Gasteiger partial charge in [-0.2, -0.15) is 4.31 Å². The average Bonchev–Trinajstić information content (AvgIpc) is 2.79. The van der Waals surface area contributed by atoms with Crippen LogP contribution in [0.4, 0.5) is 0 Å². The van der Waals surface area contributed by atoms with Crippen LogP contribution in [-0.2, 0) is 29.1 Å². The summed E-state index contributed by atoms with van der Waals surface area (Å²) in [7, 11) is -3.82. The van der Waals surface area contributed by atoms with Gasteiger partial charge in [0.15, 0.2) is 0 Å². The normalized spacial score (nSPS) is 20.6. The highest BCUT2D eigenvalue weighted by atomic mass is 32.2. The molecule has 1 atom stereocenters. The van der Waals surface area contributed by atoms with Gasteiger partial charge in [-0.05, 0) is 37.5 Å². The number of aryl methyl sites for hydroxylation is 2. The van der Waals surface area contributed by atoms with Gasteiger partial charge in [-0.25, -0.2) is 8.42 Å². The molecule has 0 unspecified atom stereocenters. The molecule has 1 aromatic carbocycles. The van der Waals surface area contributed by atoms with E-state index in [-0.39, 0.29) is 18.0 Å². The molecule has 2 amide bonds. The van der Waals surface area contributed by atoms with E-state index in [4.69, 9.17) is 9.47 Å². The maximum atomic E-state index is 13.3. The molecule has 178 valence electrons. The smallest absolute Gasteiger partial charge is 0.309 e. The Labute approximate surface area is 189 Å². The molecular formula is C21H32N4O6S. The molecule has 10 nitrogen and oxygen atoms in total. The lowest BCUT2D eigenvalue weighted by Gasteiger charge is -2.35. The summed E-state index contributed by atoms with van der Waals surface area (Å²) in [6, 6.07) is 5.26. The Morgan fingerprint density at radius 3 is 2.53 bits per heavy atom. The van der Waals surface area contributed by atoms with Crippen molar-refractivity contribution in [3.8, 4) is 0 Å². The molecule has 1 aromatic rings. The third kappa shape index (κ3) is 6.26. The van der Waals surface area contributed by atoms with Gasteiger partial charge in [-0.3, -0.25) is 14.5 Å².